The van der Waals surface area contributed by atoms with Gasteiger partial charge in [-0.15, -0.1) is 11.3 Å². The van der Waals surface area contributed by atoms with Crippen molar-refractivity contribution in [3.8, 4) is 45.5 Å². The van der Waals surface area contributed by atoms with E-state index in [-0.39, 0.29) is 16.3 Å². The molecule has 0 radical (unpaired) electrons. The minimum Gasteiger partial charge on any atom is -0.539 e. The van der Waals surface area contributed by atoms with Crippen molar-refractivity contribution in [3.63, 3.8) is 0 Å². The van der Waals surface area contributed by atoms with Crippen LogP contribution in [0.2, 0.25) is 0 Å². The molecule has 0 unspecified atom stereocenters. The van der Waals surface area contributed by atoms with Gasteiger partial charge < -0.3 is 24.8 Å². The van der Waals surface area contributed by atoms with Crippen molar-refractivity contribution in [2.45, 2.75) is 0 Å². The van der Waals surface area contributed by atoms with Gasteiger partial charge >= 0.3 is 5.69 Å². The van der Waals surface area contributed by atoms with Gasteiger partial charge in [0.05, 0.1) is 30.9 Å². The summed E-state index contributed by atoms with van der Waals surface area (Å²) in [5, 5.41) is 17.1. The Labute approximate surface area is 232 Å². The van der Waals surface area contributed by atoms with Crippen LogP contribution in [0.4, 0.5) is 5.69 Å². The molecule has 0 bridgehead atoms. The molecule has 6 aromatic rings. The smallest absolute Gasteiger partial charge is 0.312 e. The molecule has 6 rings (SSSR count). The summed E-state index contributed by atoms with van der Waals surface area (Å²) in [4.78, 5) is 19.5. The lowest BCUT2D eigenvalue weighted by Gasteiger charge is -2.09. The van der Waals surface area contributed by atoms with Crippen molar-refractivity contribution < 1.29 is 28.6 Å². The molecule has 0 saturated heterocycles. The monoisotopic (exact) mass is 550 g/mol. The number of benzene rings is 3. The zero-order valence-electron chi connectivity index (χ0n) is 21.5. The predicted octanol–water partition coefficient (Wildman–Crippen LogP) is 4.80. The quantitative estimate of drug-likeness (QED) is 0.222. The number of nitrogens with zero attached hydrogens (tertiary/aromatic N) is 3. The van der Waals surface area contributed by atoms with Gasteiger partial charge in [-0.25, -0.2) is 4.98 Å². The third kappa shape index (κ3) is 4.30. The van der Waals surface area contributed by atoms with Crippen LogP contribution >= 0.6 is 11.3 Å². The number of carbonyl (C=O) groups excluding carboxylic acids is 1. The average Bonchev–Trinajstić information content (AvgIpc) is 3.56. The molecule has 3 aromatic heterocycles. The number of thiophene rings is 1. The number of nitrogens with two attached hydrogens (primary N) is 1. The Balaban J connectivity index is 1.52. The van der Waals surface area contributed by atoms with E-state index >= 15 is 0 Å². The van der Waals surface area contributed by atoms with E-state index in [1.807, 2.05) is 60.7 Å². The van der Waals surface area contributed by atoms with Crippen LogP contribution in [-0.4, -0.2) is 30.3 Å². The van der Waals surface area contributed by atoms with Crippen molar-refractivity contribution in [3.05, 3.63) is 95.5 Å². The van der Waals surface area contributed by atoms with Crippen molar-refractivity contribution in [1.82, 2.24) is 10.3 Å². The lowest BCUT2D eigenvalue weighted by Crippen LogP contribution is -2.39. The minimum absolute atomic E-state index is 0.175. The molecular formula is C30H22N4O5S. The largest absolute Gasteiger partial charge is 0.539 e. The number of fused-ring (bicyclic) bond motifs is 1. The normalized spacial score (nSPS) is 11.1. The molecule has 0 aliphatic carbocycles. The maximum Gasteiger partial charge on any atom is 0.312 e. The van der Waals surface area contributed by atoms with Gasteiger partial charge in [-0.2, -0.15) is 0 Å². The Morgan fingerprint density at radius 1 is 0.925 bits per heavy atom. The summed E-state index contributed by atoms with van der Waals surface area (Å²) in [5.41, 5.74) is 10.4. The SMILES string of the molecule is COc1ccc(-c2cc(-c3ccccc3)c3c(N)c(C(=O)c4c([O-])on[n+]4-c4ccc(OC)cc4)sc3n2)cc1. The van der Waals surface area contributed by atoms with Crippen molar-refractivity contribution in [1.29, 1.82) is 0 Å². The number of methoxy groups -OCH3 is 2. The van der Waals surface area contributed by atoms with E-state index in [2.05, 4.69) is 5.27 Å². The highest BCUT2D eigenvalue weighted by molar-refractivity contribution is 7.21. The van der Waals surface area contributed by atoms with E-state index in [0.717, 1.165) is 33.8 Å². The minimum atomic E-state index is -0.868. The highest BCUT2D eigenvalue weighted by Gasteiger charge is 2.33. The van der Waals surface area contributed by atoms with E-state index in [4.69, 9.17) is 24.7 Å². The van der Waals surface area contributed by atoms with Crippen LogP contribution in [0.3, 0.4) is 0 Å². The standard InChI is InChI=1S/C30H22N4O5S/c1-37-20-12-8-18(9-13-20)23-16-22(17-6-4-3-5-7-17)24-25(31)28(40-29(24)32-23)27(35)26-30(36)39-33-34(26)19-10-14-21(38-2)15-11-19/h3-16H,1-2H3,(H2-,31,33,35,36). The second-order valence-electron chi connectivity index (χ2n) is 8.82. The van der Waals surface area contributed by atoms with Crippen LogP contribution in [0.1, 0.15) is 15.4 Å². The van der Waals surface area contributed by atoms with Gasteiger partial charge in [-0.3, -0.25) is 4.79 Å². The third-order valence-electron chi connectivity index (χ3n) is 6.52. The Morgan fingerprint density at radius 2 is 1.57 bits per heavy atom. The van der Waals surface area contributed by atoms with Gasteiger partial charge in [-0.1, -0.05) is 30.3 Å². The summed E-state index contributed by atoms with van der Waals surface area (Å²) in [6.07, 6.45) is 0. The van der Waals surface area contributed by atoms with E-state index in [1.165, 1.54) is 4.68 Å². The fraction of sp³-hybridized carbons (Fsp3) is 0.0667. The third-order valence-corrected chi connectivity index (χ3v) is 7.62. The van der Waals surface area contributed by atoms with E-state index in [0.29, 0.717) is 27.3 Å². The average molecular weight is 551 g/mol. The summed E-state index contributed by atoms with van der Waals surface area (Å²) in [6.45, 7) is 0. The van der Waals surface area contributed by atoms with E-state index in [1.54, 1.807) is 38.5 Å². The molecule has 10 heteroatoms. The van der Waals surface area contributed by atoms with Crippen LogP contribution in [0.5, 0.6) is 17.4 Å². The van der Waals surface area contributed by atoms with Crippen molar-refractivity contribution >= 4 is 33.0 Å². The van der Waals surface area contributed by atoms with Crippen LogP contribution in [0, 0.1) is 0 Å². The number of ketones is 1. The fourth-order valence-electron chi connectivity index (χ4n) is 4.49. The summed E-state index contributed by atoms with van der Waals surface area (Å²) in [7, 11) is 3.16. The summed E-state index contributed by atoms with van der Waals surface area (Å²) >= 11 is 1.12. The van der Waals surface area contributed by atoms with Crippen molar-refractivity contribution in [2.24, 2.45) is 0 Å². The van der Waals surface area contributed by atoms with Crippen LogP contribution in [0.15, 0.2) is 89.5 Å². The first-order valence-corrected chi connectivity index (χ1v) is 13.0. The summed E-state index contributed by atoms with van der Waals surface area (Å²) in [6, 6.07) is 26.0. The molecule has 9 nitrogen and oxygen atoms in total. The number of pyridine rings is 1. The van der Waals surface area contributed by atoms with Gasteiger partial charge in [0.25, 0.3) is 5.78 Å². The number of hydrogen-bond donors (Lipinski definition) is 1. The van der Waals surface area contributed by atoms with Gasteiger partial charge in [0.2, 0.25) is 5.69 Å². The maximum absolute atomic E-state index is 13.9. The first-order valence-electron chi connectivity index (χ1n) is 12.2. The Bertz CT molecular complexity index is 1850. The predicted molar refractivity (Wildman–Crippen MR) is 149 cm³/mol. The number of anilines is 1. The molecule has 3 aromatic carbocycles. The number of hydrogen-bond acceptors (Lipinski definition) is 9. The Hall–Kier alpha value is -5.22. The van der Waals surface area contributed by atoms with Gasteiger partial charge in [0.1, 0.15) is 21.2 Å². The van der Waals surface area contributed by atoms with Gasteiger partial charge in [0, 0.05) is 23.1 Å². The first-order chi connectivity index (χ1) is 19.5. The molecular weight excluding hydrogens is 528 g/mol. The van der Waals surface area contributed by atoms with Crippen molar-refractivity contribution in [2.75, 3.05) is 20.0 Å². The molecule has 40 heavy (non-hydrogen) atoms. The molecule has 0 saturated carbocycles. The topological polar surface area (TPSA) is 127 Å². The van der Waals surface area contributed by atoms with Gasteiger partial charge in [0.15, 0.2) is 5.95 Å². The molecule has 0 spiro atoms. The fourth-order valence-corrected chi connectivity index (χ4v) is 5.55. The van der Waals surface area contributed by atoms with E-state index < -0.39 is 11.7 Å². The second-order valence-corrected chi connectivity index (χ2v) is 9.82. The Kier molecular flexibility index (Phi) is 6.37. The number of rotatable bonds is 7. The highest BCUT2D eigenvalue weighted by Crippen LogP contribution is 2.42. The number of carbonyl (C=O) groups is 1. The van der Waals surface area contributed by atoms with Crippen LogP contribution in [0.25, 0.3) is 38.3 Å². The first kappa shape index (κ1) is 25.1. The molecule has 198 valence electrons. The molecule has 0 aliphatic heterocycles. The van der Waals surface area contributed by atoms with E-state index in [9.17, 15) is 9.90 Å². The lowest BCUT2D eigenvalue weighted by molar-refractivity contribution is -0.672. The highest BCUT2D eigenvalue weighted by atomic mass is 32.1. The van der Waals surface area contributed by atoms with Crippen LogP contribution in [-0.2, 0) is 0 Å². The second kappa shape index (κ2) is 10.2. The lowest BCUT2D eigenvalue weighted by atomic mass is 9.99. The summed E-state index contributed by atoms with van der Waals surface area (Å²) in [5.74, 6) is -0.127. The molecule has 3 heterocycles. The molecule has 0 atom stereocenters. The maximum atomic E-state index is 13.9. The molecule has 2 N–H and O–H groups in total. The molecule has 0 fully saturated rings. The Morgan fingerprint density at radius 3 is 2.23 bits per heavy atom. The number of ether oxygens (including phenoxy) is 2. The van der Waals surface area contributed by atoms with Crippen LogP contribution < -0.4 is 25.0 Å². The molecule has 0 aliphatic rings. The zero-order chi connectivity index (χ0) is 27.8. The number of aromatic nitrogens is 3. The molecule has 0 amide bonds. The zero-order valence-corrected chi connectivity index (χ0v) is 22.3. The van der Waals surface area contributed by atoms with Gasteiger partial charge in [-0.05, 0) is 58.3 Å². The number of nitrogen functional groups attached to an aromatic ring is 1. The summed E-state index contributed by atoms with van der Waals surface area (Å²) < 4.78 is 16.6.